The van der Waals surface area contributed by atoms with E-state index in [1.165, 1.54) is 6.07 Å². The van der Waals surface area contributed by atoms with Crippen LogP contribution in [0.5, 0.6) is 0 Å². The van der Waals surface area contributed by atoms with Crippen molar-refractivity contribution in [3.63, 3.8) is 0 Å². The molecule has 1 spiro atoms. The number of amides is 2. The molecule has 2 aromatic carbocycles. The van der Waals surface area contributed by atoms with Crippen molar-refractivity contribution in [2.45, 2.75) is 50.6 Å². The Balaban J connectivity index is 1.82. The average molecular weight is 567 g/mol. The molecule has 4 rings (SSSR count). The third-order valence-electron chi connectivity index (χ3n) is 7.20. The molecule has 0 radical (unpaired) electrons. The predicted octanol–water partition coefficient (Wildman–Crippen LogP) is 4.66. The number of carbonyl (C=O) groups is 2. The highest BCUT2D eigenvalue weighted by atomic mass is 35.5. The summed E-state index contributed by atoms with van der Waals surface area (Å²) in [7, 11) is 1.58. The van der Waals surface area contributed by atoms with Gasteiger partial charge in [-0.1, -0.05) is 62.2 Å². The van der Waals surface area contributed by atoms with E-state index in [2.05, 4.69) is 36.7 Å². The maximum absolute atomic E-state index is 15.7. The second-order valence-electron chi connectivity index (χ2n) is 11.0. The van der Waals surface area contributed by atoms with Crippen molar-refractivity contribution in [3.8, 4) is 0 Å². The van der Waals surface area contributed by atoms with Crippen molar-refractivity contribution in [1.29, 1.82) is 0 Å². The van der Waals surface area contributed by atoms with Crippen LogP contribution < -0.4 is 16.0 Å². The van der Waals surface area contributed by atoms with Gasteiger partial charge < -0.3 is 25.4 Å². The first-order chi connectivity index (χ1) is 18.0. The summed E-state index contributed by atoms with van der Waals surface area (Å²) in [5.74, 6) is -2.19. The molecule has 4 atom stereocenters. The Morgan fingerprint density at radius 2 is 1.92 bits per heavy atom. The monoisotopic (exact) mass is 565 g/mol. The van der Waals surface area contributed by atoms with E-state index in [4.69, 9.17) is 32.7 Å². The van der Waals surface area contributed by atoms with Gasteiger partial charge in [0.2, 0.25) is 11.8 Å². The van der Waals surface area contributed by atoms with Crippen LogP contribution >= 0.6 is 23.2 Å². The second kappa shape index (κ2) is 11.5. The van der Waals surface area contributed by atoms with Crippen LogP contribution in [-0.2, 0) is 24.5 Å². The molecule has 2 heterocycles. The zero-order valence-electron chi connectivity index (χ0n) is 22.0. The molecule has 2 aliphatic rings. The number of ether oxygens (including phenoxy) is 2. The highest BCUT2D eigenvalue weighted by Gasteiger charge is 2.66. The zero-order valence-corrected chi connectivity index (χ0v) is 23.5. The van der Waals surface area contributed by atoms with E-state index in [1.54, 1.807) is 37.4 Å². The van der Waals surface area contributed by atoms with Gasteiger partial charge in [-0.25, -0.2) is 4.39 Å². The number of carbonyl (C=O) groups excluding carboxylic acids is 2. The van der Waals surface area contributed by atoms with Crippen molar-refractivity contribution >= 4 is 40.7 Å². The Hall–Kier alpha value is -2.23. The number of halogens is 3. The van der Waals surface area contributed by atoms with Crippen LogP contribution in [0.2, 0.25) is 10.0 Å². The Morgan fingerprint density at radius 3 is 2.63 bits per heavy atom. The van der Waals surface area contributed by atoms with E-state index in [1.807, 2.05) is 0 Å². The minimum atomic E-state index is -1.28. The molecule has 38 heavy (non-hydrogen) atoms. The summed E-state index contributed by atoms with van der Waals surface area (Å²) in [6.07, 6.45) is 0.547. The van der Waals surface area contributed by atoms with Gasteiger partial charge in [0, 0.05) is 36.3 Å². The van der Waals surface area contributed by atoms with E-state index < -0.39 is 29.2 Å². The maximum atomic E-state index is 15.7. The smallest absolute Gasteiger partial charge is 0.237 e. The van der Waals surface area contributed by atoms with E-state index in [0.29, 0.717) is 35.9 Å². The molecular weight excluding hydrogens is 532 g/mol. The minimum Gasteiger partial charge on any atom is -0.382 e. The molecule has 0 bridgehead atoms. The minimum absolute atomic E-state index is 0.0719. The molecule has 2 aliphatic heterocycles. The molecule has 0 aliphatic carbocycles. The fourth-order valence-corrected chi connectivity index (χ4v) is 6.11. The average Bonchev–Trinajstić information content (AvgIpc) is 3.31. The molecule has 1 saturated heterocycles. The molecule has 2 aromatic rings. The molecule has 2 amide bonds. The van der Waals surface area contributed by atoms with Crippen molar-refractivity contribution in [2.75, 3.05) is 38.8 Å². The molecule has 4 unspecified atom stereocenters. The summed E-state index contributed by atoms with van der Waals surface area (Å²) in [5, 5.41) is 9.71. The lowest BCUT2D eigenvalue weighted by molar-refractivity contribution is -0.124. The first-order valence-electron chi connectivity index (χ1n) is 12.7. The lowest BCUT2D eigenvalue weighted by Gasteiger charge is -2.37. The third kappa shape index (κ3) is 5.42. The van der Waals surface area contributed by atoms with Crippen LogP contribution in [0.1, 0.15) is 44.2 Å². The van der Waals surface area contributed by atoms with Gasteiger partial charge in [-0.15, -0.1) is 0 Å². The molecule has 3 N–H and O–H groups in total. The highest BCUT2D eigenvalue weighted by molar-refractivity contribution is 6.31. The molecule has 0 aromatic heterocycles. The quantitative estimate of drug-likeness (QED) is 0.385. The summed E-state index contributed by atoms with van der Waals surface area (Å²) < 4.78 is 26.2. The highest BCUT2D eigenvalue weighted by Crippen LogP contribution is 2.57. The van der Waals surface area contributed by atoms with Gasteiger partial charge in [0.15, 0.2) is 0 Å². The number of methoxy groups -OCH3 is 1. The Labute approximate surface area is 232 Å². The van der Waals surface area contributed by atoms with Gasteiger partial charge in [-0.05, 0) is 41.2 Å². The van der Waals surface area contributed by atoms with Gasteiger partial charge in [0.25, 0.3) is 0 Å². The summed E-state index contributed by atoms with van der Waals surface area (Å²) in [4.78, 5) is 27.7. The third-order valence-corrected chi connectivity index (χ3v) is 7.73. The van der Waals surface area contributed by atoms with Gasteiger partial charge >= 0.3 is 0 Å². The van der Waals surface area contributed by atoms with Crippen molar-refractivity contribution in [3.05, 3.63) is 63.4 Å². The summed E-state index contributed by atoms with van der Waals surface area (Å²) in [6.45, 7) is 7.59. The number of benzene rings is 2. The van der Waals surface area contributed by atoms with Crippen LogP contribution in [-0.4, -0.2) is 57.4 Å². The second-order valence-corrected chi connectivity index (χ2v) is 11.8. The lowest BCUT2D eigenvalue weighted by Crippen LogP contribution is -2.49. The van der Waals surface area contributed by atoms with E-state index in [9.17, 15) is 9.59 Å². The van der Waals surface area contributed by atoms with E-state index >= 15 is 4.39 Å². The van der Waals surface area contributed by atoms with Gasteiger partial charge in [-0.2, -0.15) is 0 Å². The van der Waals surface area contributed by atoms with Crippen LogP contribution in [0.4, 0.5) is 10.1 Å². The number of hydrogen-bond donors (Lipinski definition) is 3. The first-order valence-corrected chi connectivity index (χ1v) is 13.4. The number of rotatable bonds is 9. The Morgan fingerprint density at radius 1 is 1.16 bits per heavy atom. The van der Waals surface area contributed by atoms with E-state index in [-0.39, 0.29) is 41.0 Å². The first kappa shape index (κ1) is 28.8. The van der Waals surface area contributed by atoms with E-state index in [0.717, 1.165) is 0 Å². The number of fused-ring (bicyclic) bond motifs is 2. The fourth-order valence-electron chi connectivity index (χ4n) is 5.75. The summed E-state index contributed by atoms with van der Waals surface area (Å²) in [5.41, 5.74) is -0.0521. The standard InChI is InChI=1S/C28H34Cl2FN3O4/c1-27(2,3)15-21-28(18-9-8-16(29)14-20(18)33-26(28)36)22(17-6-5-7-19(30)23(17)31)24(34-21)25(35)32-10-11-38-13-12-37-4/h5-9,14,21-22,24,34H,10-13,15H2,1-4H3,(H,32,35)(H,33,36). The summed E-state index contributed by atoms with van der Waals surface area (Å²) >= 11 is 12.5. The predicted molar refractivity (Wildman–Crippen MR) is 146 cm³/mol. The van der Waals surface area contributed by atoms with Gasteiger partial charge in [0.1, 0.15) is 11.2 Å². The van der Waals surface area contributed by atoms with Gasteiger partial charge in [-0.3, -0.25) is 9.59 Å². The molecule has 10 heteroatoms. The van der Waals surface area contributed by atoms with Crippen LogP contribution in [0, 0.1) is 11.2 Å². The van der Waals surface area contributed by atoms with Crippen LogP contribution in [0.15, 0.2) is 36.4 Å². The Kier molecular flexibility index (Phi) is 8.69. The largest absolute Gasteiger partial charge is 0.382 e. The topological polar surface area (TPSA) is 88.7 Å². The maximum Gasteiger partial charge on any atom is 0.237 e. The van der Waals surface area contributed by atoms with Gasteiger partial charge in [0.05, 0.1) is 30.9 Å². The number of anilines is 1. The Bertz CT molecular complexity index is 1210. The number of nitrogens with one attached hydrogen (secondary N) is 3. The zero-order chi connectivity index (χ0) is 27.7. The molecule has 7 nitrogen and oxygen atoms in total. The molecular formula is C28H34Cl2FN3O4. The van der Waals surface area contributed by atoms with Crippen molar-refractivity contribution < 1.29 is 23.5 Å². The molecule has 206 valence electrons. The van der Waals surface area contributed by atoms with Crippen LogP contribution in [0.25, 0.3) is 0 Å². The number of hydrogen-bond acceptors (Lipinski definition) is 5. The van der Waals surface area contributed by atoms with Crippen molar-refractivity contribution in [1.82, 2.24) is 10.6 Å². The summed E-state index contributed by atoms with van der Waals surface area (Å²) in [6, 6.07) is 8.50. The van der Waals surface area contributed by atoms with Crippen molar-refractivity contribution in [2.24, 2.45) is 5.41 Å². The normalized spacial score (nSPS) is 24.5. The molecule has 0 saturated carbocycles. The lowest BCUT2D eigenvalue weighted by atomic mass is 9.62. The molecule has 1 fully saturated rings. The SMILES string of the molecule is COCCOCCNC(=O)C1NC(CC(C)(C)C)C2(C(=O)Nc3cc(Cl)ccc32)C1c1cccc(Cl)c1F. The van der Waals surface area contributed by atoms with Crippen LogP contribution in [0.3, 0.4) is 0 Å². The fraction of sp³-hybridized carbons (Fsp3) is 0.500.